The molecule has 2 rings (SSSR count). The van der Waals surface area contributed by atoms with Crippen LogP contribution in [0.2, 0.25) is 10.0 Å². The predicted octanol–water partition coefficient (Wildman–Crippen LogP) is 5.80. The van der Waals surface area contributed by atoms with Crippen LogP contribution in [0.25, 0.3) is 0 Å². The molecule has 1 N–H and O–H groups in total. The fourth-order valence-electron chi connectivity index (χ4n) is 2.29. The molecule has 20 heavy (non-hydrogen) atoms. The summed E-state index contributed by atoms with van der Waals surface area (Å²) in [6.45, 7) is 4.35. The minimum Gasteiger partial charge on any atom is -0.303 e. The molecule has 0 fully saturated rings. The van der Waals surface area contributed by atoms with Crippen molar-refractivity contribution in [3.8, 4) is 0 Å². The van der Waals surface area contributed by atoms with Crippen molar-refractivity contribution in [2.24, 2.45) is 0 Å². The van der Waals surface area contributed by atoms with Crippen LogP contribution in [0.5, 0.6) is 0 Å². The van der Waals surface area contributed by atoms with Crippen LogP contribution < -0.4 is 5.32 Å². The summed E-state index contributed by atoms with van der Waals surface area (Å²) in [5.74, 6) is 0. The molecule has 0 aliphatic rings. The number of nitrogens with one attached hydrogen (secondary N) is 1. The molecule has 0 saturated heterocycles. The van der Waals surface area contributed by atoms with E-state index in [2.05, 4.69) is 43.4 Å². The summed E-state index contributed by atoms with van der Waals surface area (Å²) in [5, 5.41) is 5.19. The monoisotopic (exact) mass is 307 g/mol. The molecular formula is C17H19Cl2N. The average Bonchev–Trinajstić information content (AvgIpc) is 2.46. The summed E-state index contributed by atoms with van der Waals surface area (Å²) in [5.41, 5.74) is 2.50. The molecule has 0 bridgehead atoms. The van der Waals surface area contributed by atoms with E-state index in [-0.39, 0.29) is 6.04 Å². The molecule has 0 aromatic heterocycles. The molecule has 2 unspecified atom stereocenters. The third-order valence-corrected chi connectivity index (χ3v) is 4.01. The maximum Gasteiger partial charge on any atom is 0.0406 e. The third kappa shape index (κ3) is 3.99. The van der Waals surface area contributed by atoms with Crippen molar-refractivity contribution in [3.05, 3.63) is 69.7 Å². The fourth-order valence-corrected chi connectivity index (χ4v) is 2.55. The zero-order chi connectivity index (χ0) is 14.5. The lowest BCUT2D eigenvalue weighted by molar-refractivity contribution is 0.456. The molecule has 0 saturated carbocycles. The van der Waals surface area contributed by atoms with E-state index < -0.39 is 0 Å². The number of hydrogen-bond acceptors (Lipinski definition) is 1. The highest BCUT2D eigenvalue weighted by molar-refractivity contribution is 6.30. The van der Waals surface area contributed by atoms with Gasteiger partial charge < -0.3 is 5.32 Å². The van der Waals surface area contributed by atoms with Crippen LogP contribution in [-0.2, 0) is 0 Å². The van der Waals surface area contributed by atoms with Crippen LogP contribution in [0, 0.1) is 0 Å². The molecule has 2 atom stereocenters. The topological polar surface area (TPSA) is 12.0 Å². The van der Waals surface area contributed by atoms with Gasteiger partial charge in [0.15, 0.2) is 0 Å². The van der Waals surface area contributed by atoms with Gasteiger partial charge in [-0.25, -0.2) is 0 Å². The van der Waals surface area contributed by atoms with Gasteiger partial charge in [-0.15, -0.1) is 0 Å². The van der Waals surface area contributed by atoms with Crippen LogP contribution in [-0.4, -0.2) is 0 Å². The summed E-state index contributed by atoms with van der Waals surface area (Å²) in [7, 11) is 0. The molecule has 0 radical (unpaired) electrons. The highest BCUT2D eigenvalue weighted by Gasteiger charge is 2.13. The van der Waals surface area contributed by atoms with Gasteiger partial charge in [-0.3, -0.25) is 0 Å². The van der Waals surface area contributed by atoms with E-state index in [0.29, 0.717) is 6.04 Å². The molecular weight excluding hydrogens is 289 g/mol. The van der Waals surface area contributed by atoms with Crippen LogP contribution in [0.15, 0.2) is 48.5 Å². The van der Waals surface area contributed by atoms with Crippen molar-refractivity contribution < 1.29 is 0 Å². The second kappa shape index (κ2) is 7.12. The van der Waals surface area contributed by atoms with Gasteiger partial charge in [0, 0.05) is 22.1 Å². The van der Waals surface area contributed by atoms with Gasteiger partial charge >= 0.3 is 0 Å². The summed E-state index contributed by atoms with van der Waals surface area (Å²) < 4.78 is 0. The van der Waals surface area contributed by atoms with Gasteiger partial charge in [0.2, 0.25) is 0 Å². The lowest BCUT2D eigenvalue weighted by Gasteiger charge is -2.23. The van der Waals surface area contributed by atoms with Crippen molar-refractivity contribution in [2.45, 2.75) is 32.4 Å². The second-order valence-corrected chi connectivity index (χ2v) is 5.83. The van der Waals surface area contributed by atoms with E-state index in [9.17, 15) is 0 Å². The Bertz CT molecular complexity index is 534. The predicted molar refractivity (Wildman–Crippen MR) is 87.5 cm³/mol. The first-order valence-electron chi connectivity index (χ1n) is 6.87. The van der Waals surface area contributed by atoms with Crippen molar-refractivity contribution >= 4 is 23.2 Å². The zero-order valence-corrected chi connectivity index (χ0v) is 13.2. The fraction of sp³-hybridized carbons (Fsp3) is 0.294. The summed E-state index contributed by atoms with van der Waals surface area (Å²) in [6, 6.07) is 16.6. The molecule has 2 aromatic carbocycles. The Morgan fingerprint density at radius 1 is 0.850 bits per heavy atom. The number of halogens is 2. The molecule has 3 heteroatoms. The lowest BCUT2D eigenvalue weighted by atomic mass is 10.0. The van der Waals surface area contributed by atoms with E-state index in [1.165, 1.54) is 11.1 Å². The minimum atomic E-state index is 0.271. The summed E-state index contributed by atoms with van der Waals surface area (Å²) >= 11 is 11.9. The van der Waals surface area contributed by atoms with Crippen molar-refractivity contribution in [1.82, 2.24) is 5.32 Å². The highest BCUT2D eigenvalue weighted by atomic mass is 35.5. The lowest BCUT2D eigenvalue weighted by Crippen LogP contribution is -2.24. The Labute approximate surface area is 130 Å². The maximum atomic E-state index is 5.94. The SMILES string of the molecule is CCC(NC(C)c1ccc(Cl)cc1)c1ccc(Cl)cc1. The van der Waals surface area contributed by atoms with E-state index in [1.54, 1.807) is 0 Å². The first-order chi connectivity index (χ1) is 9.60. The van der Waals surface area contributed by atoms with E-state index in [4.69, 9.17) is 23.2 Å². The quantitative estimate of drug-likeness (QED) is 0.736. The third-order valence-electron chi connectivity index (χ3n) is 3.50. The Hall–Kier alpha value is -1.02. The van der Waals surface area contributed by atoms with E-state index in [0.717, 1.165) is 16.5 Å². The molecule has 0 aliphatic carbocycles. The molecule has 0 amide bonds. The van der Waals surface area contributed by atoms with Crippen LogP contribution >= 0.6 is 23.2 Å². The second-order valence-electron chi connectivity index (χ2n) is 4.95. The molecule has 0 heterocycles. The molecule has 0 aliphatic heterocycles. The number of benzene rings is 2. The maximum absolute atomic E-state index is 5.94. The van der Waals surface area contributed by atoms with Crippen molar-refractivity contribution in [1.29, 1.82) is 0 Å². The number of rotatable bonds is 5. The normalized spacial score (nSPS) is 14.0. The standard InChI is InChI=1S/C17H19Cl2N/c1-3-17(14-6-10-16(19)11-7-14)20-12(2)13-4-8-15(18)9-5-13/h4-12,17,20H,3H2,1-2H3. The number of hydrogen-bond donors (Lipinski definition) is 1. The zero-order valence-electron chi connectivity index (χ0n) is 11.7. The minimum absolute atomic E-state index is 0.271. The first-order valence-corrected chi connectivity index (χ1v) is 7.62. The van der Waals surface area contributed by atoms with Gasteiger partial charge in [-0.05, 0) is 48.7 Å². The Balaban J connectivity index is 2.09. The van der Waals surface area contributed by atoms with Gasteiger partial charge in [0.05, 0.1) is 0 Å². The summed E-state index contributed by atoms with van der Waals surface area (Å²) in [4.78, 5) is 0. The van der Waals surface area contributed by atoms with Crippen molar-refractivity contribution in [2.75, 3.05) is 0 Å². The van der Waals surface area contributed by atoms with Crippen molar-refractivity contribution in [3.63, 3.8) is 0 Å². The van der Waals surface area contributed by atoms with Gasteiger partial charge in [0.25, 0.3) is 0 Å². The van der Waals surface area contributed by atoms with Crippen LogP contribution in [0.4, 0.5) is 0 Å². The van der Waals surface area contributed by atoms with Crippen LogP contribution in [0.1, 0.15) is 43.5 Å². The average molecular weight is 308 g/mol. The van der Waals surface area contributed by atoms with Gasteiger partial charge in [-0.2, -0.15) is 0 Å². The van der Waals surface area contributed by atoms with Crippen LogP contribution in [0.3, 0.4) is 0 Å². The molecule has 106 valence electrons. The van der Waals surface area contributed by atoms with E-state index >= 15 is 0 Å². The molecule has 2 aromatic rings. The van der Waals surface area contributed by atoms with E-state index in [1.807, 2.05) is 24.3 Å². The smallest absolute Gasteiger partial charge is 0.0406 e. The Morgan fingerprint density at radius 2 is 1.30 bits per heavy atom. The van der Waals surface area contributed by atoms with Gasteiger partial charge in [-0.1, -0.05) is 54.4 Å². The molecule has 1 nitrogen and oxygen atoms in total. The Morgan fingerprint density at radius 3 is 1.75 bits per heavy atom. The highest BCUT2D eigenvalue weighted by Crippen LogP contribution is 2.24. The molecule has 0 spiro atoms. The summed E-state index contributed by atoms with van der Waals surface area (Å²) in [6.07, 6.45) is 1.03. The van der Waals surface area contributed by atoms with Gasteiger partial charge in [0.1, 0.15) is 0 Å². The first kappa shape index (κ1) is 15.4. The largest absolute Gasteiger partial charge is 0.303 e. The Kier molecular flexibility index (Phi) is 5.47.